The van der Waals surface area contributed by atoms with Gasteiger partial charge in [0.2, 0.25) is 0 Å². The molecule has 0 aliphatic heterocycles. The Morgan fingerprint density at radius 2 is 1.81 bits per heavy atom. The third kappa shape index (κ3) is 5.00. The van der Waals surface area contributed by atoms with Crippen molar-refractivity contribution in [3.05, 3.63) is 0 Å². The zero-order chi connectivity index (χ0) is 12.0. The Labute approximate surface area is 99.4 Å². The Hall–Kier alpha value is -0.530. The minimum atomic E-state index is -0.622. The zero-order valence-electron chi connectivity index (χ0n) is 10.7. The molecule has 1 saturated carbocycles. The number of aliphatic carboxylic acids is 1. The lowest BCUT2D eigenvalue weighted by atomic mass is 9.78. The van der Waals surface area contributed by atoms with Gasteiger partial charge in [0.05, 0.1) is 0 Å². The van der Waals surface area contributed by atoms with E-state index in [2.05, 4.69) is 13.8 Å². The Morgan fingerprint density at radius 1 is 1.25 bits per heavy atom. The molecule has 94 valence electrons. The summed E-state index contributed by atoms with van der Waals surface area (Å²) in [5, 5.41) is 8.74. The highest BCUT2D eigenvalue weighted by Crippen LogP contribution is 2.34. The Balaban J connectivity index is 2.14. The smallest absolute Gasteiger partial charge is 0.303 e. The van der Waals surface area contributed by atoms with Crippen molar-refractivity contribution >= 4 is 5.97 Å². The lowest BCUT2D eigenvalue weighted by Crippen LogP contribution is -2.17. The van der Waals surface area contributed by atoms with Gasteiger partial charge in [-0.25, -0.2) is 0 Å². The molecule has 16 heavy (non-hydrogen) atoms. The van der Waals surface area contributed by atoms with Gasteiger partial charge in [-0.05, 0) is 30.6 Å². The van der Waals surface area contributed by atoms with Gasteiger partial charge in [-0.1, -0.05) is 46.0 Å². The molecule has 1 N–H and O–H groups in total. The molecule has 0 saturated heterocycles. The van der Waals surface area contributed by atoms with E-state index in [4.69, 9.17) is 5.11 Å². The molecule has 0 bridgehead atoms. The van der Waals surface area contributed by atoms with E-state index in [1.54, 1.807) is 0 Å². The first-order valence-electron chi connectivity index (χ1n) is 6.83. The lowest BCUT2D eigenvalue weighted by molar-refractivity contribution is -0.138. The summed E-state index contributed by atoms with van der Waals surface area (Å²) < 4.78 is 0. The SMILES string of the molecule is CC[C@H](C)CCC1CCC(CC(=O)O)CC1. The average Bonchev–Trinajstić information content (AvgIpc) is 2.27. The van der Waals surface area contributed by atoms with Crippen LogP contribution >= 0.6 is 0 Å². The van der Waals surface area contributed by atoms with Crippen LogP contribution in [-0.2, 0) is 4.79 Å². The molecule has 0 heterocycles. The summed E-state index contributed by atoms with van der Waals surface area (Å²) in [5.41, 5.74) is 0. The van der Waals surface area contributed by atoms with Crippen molar-refractivity contribution in [1.82, 2.24) is 0 Å². The third-order valence-corrected chi connectivity index (χ3v) is 4.19. The van der Waals surface area contributed by atoms with Crippen LogP contribution in [0.25, 0.3) is 0 Å². The predicted octanol–water partition coefficient (Wildman–Crippen LogP) is 4.09. The Kier molecular flexibility index (Phi) is 5.86. The second-order valence-electron chi connectivity index (χ2n) is 5.58. The summed E-state index contributed by atoms with van der Waals surface area (Å²) >= 11 is 0. The number of carboxylic acids is 1. The maximum Gasteiger partial charge on any atom is 0.303 e. The van der Waals surface area contributed by atoms with Gasteiger partial charge in [-0.2, -0.15) is 0 Å². The fourth-order valence-corrected chi connectivity index (χ4v) is 2.70. The Bertz CT molecular complexity index is 205. The number of carbonyl (C=O) groups is 1. The molecule has 0 aromatic rings. The monoisotopic (exact) mass is 226 g/mol. The number of hydrogen-bond donors (Lipinski definition) is 1. The zero-order valence-corrected chi connectivity index (χ0v) is 10.7. The number of carboxylic acid groups (broad SMARTS) is 1. The average molecular weight is 226 g/mol. The van der Waals surface area contributed by atoms with Gasteiger partial charge >= 0.3 is 5.97 Å². The first-order valence-corrected chi connectivity index (χ1v) is 6.83. The van der Waals surface area contributed by atoms with Crippen LogP contribution in [0.4, 0.5) is 0 Å². The van der Waals surface area contributed by atoms with E-state index in [-0.39, 0.29) is 0 Å². The highest BCUT2D eigenvalue weighted by molar-refractivity contribution is 5.67. The quantitative estimate of drug-likeness (QED) is 0.740. The molecule has 0 aromatic carbocycles. The van der Waals surface area contributed by atoms with Gasteiger partial charge in [0.25, 0.3) is 0 Å². The van der Waals surface area contributed by atoms with Crippen LogP contribution in [0.15, 0.2) is 0 Å². The molecule has 1 fully saturated rings. The van der Waals surface area contributed by atoms with Crippen molar-refractivity contribution in [3.8, 4) is 0 Å². The van der Waals surface area contributed by atoms with Gasteiger partial charge in [-0.3, -0.25) is 4.79 Å². The molecular formula is C14H26O2. The first kappa shape index (κ1) is 13.5. The fourth-order valence-electron chi connectivity index (χ4n) is 2.70. The van der Waals surface area contributed by atoms with Crippen LogP contribution < -0.4 is 0 Å². The van der Waals surface area contributed by atoms with E-state index < -0.39 is 5.97 Å². The molecule has 1 atom stereocenters. The van der Waals surface area contributed by atoms with Crippen molar-refractivity contribution < 1.29 is 9.90 Å². The van der Waals surface area contributed by atoms with Crippen molar-refractivity contribution in [2.24, 2.45) is 17.8 Å². The summed E-state index contributed by atoms with van der Waals surface area (Å²) in [6.45, 7) is 4.59. The minimum absolute atomic E-state index is 0.387. The van der Waals surface area contributed by atoms with E-state index in [9.17, 15) is 4.79 Å². The van der Waals surface area contributed by atoms with Crippen molar-refractivity contribution in [1.29, 1.82) is 0 Å². The molecule has 0 aromatic heterocycles. The summed E-state index contributed by atoms with van der Waals surface area (Å²) in [6.07, 6.45) is 9.17. The highest BCUT2D eigenvalue weighted by Gasteiger charge is 2.22. The molecule has 2 heteroatoms. The van der Waals surface area contributed by atoms with E-state index in [0.717, 1.165) is 24.7 Å². The first-order chi connectivity index (χ1) is 7.61. The normalized spacial score (nSPS) is 27.6. The second kappa shape index (κ2) is 6.93. The minimum Gasteiger partial charge on any atom is -0.481 e. The summed E-state index contributed by atoms with van der Waals surface area (Å²) in [6, 6.07) is 0. The lowest BCUT2D eigenvalue weighted by Gasteiger charge is -2.28. The molecule has 1 aliphatic carbocycles. The van der Waals surface area contributed by atoms with Crippen LogP contribution in [0.3, 0.4) is 0 Å². The molecule has 0 amide bonds. The van der Waals surface area contributed by atoms with E-state index in [1.807, 2.05) is 0 Å². The second-order valence-corrected chi connectivity index (χ2v) is 5.58. The summed E-state index contributed by atoms with van der Waals surface area (Å²) in [4.78, 5) is 10.6. The van der Waals surface area contributed by atoms with E-state index >= 15 is 0 Å². The number of rotatable bonds is 6. The molecule has 0 spiro atoms. The van der Waals surface area contributed by atoms with E-state index in [1.165, 1.54) is 32.1 Å². The van der Waals surface area contributed by atoms with Gasteiger partial charge in [0, 0.05) is 6.42 Å². The van der Waals surface area contributed by atoms with Crippen molar-refractivity contribution in [2.75, 3.05) is 0 Å². The van der Waals surface area contributed by atoms with Gasteiger partial charge in [0.1, 0.15) is 0 Å². The standard InChI is InChI=1S/C14H26O2/c1-3-11(2)4-5-12-6-8-13(9-7-12)10-14(15)16/h11-13H,3-10H2,1-2H3,(H,15,16)/t11-,12?,13?/m0/s1. The topological polar surface area (TPSA) is 37.3 Å². The molecule has 2 nitrogen and oxygen atoms in total. The number of hydrogen-bond acceptors (Lipinski definition) is 1. The van der Waals surface area contributed by atoms with Crippen molar-refractivity contribution in [3.63, 3.8) is 0 Å². The van der Waals surface area contributed by atoms with Gasteiger partial charge in [-0.15, -0.1) is 0 Å². The predicted molar refractivity (Wildman–Crippen MR) is 66.4 cm³/mol. The molecule has 1 rings (SSSR count). The third-order valence-electron chi connectivity index (χ3n) is 4.19. The van der Waals surface area contributed by atoms with Crippen molar-refractivity contribution in [2.45, 2.75) is 65.2 Å². The molecule has 1 aliphatic rings. The largest absolute Gasteiger partial charge is 0.481 e. The van der Waals surface area contributed by atoms with Crippen LogP contribution in [0, 0.1) is 17.8 Å². The molecule has 0 unspecified atom stereocenters. The van der Waals surface area contributed by atoms with Crippen LogP contribution in [0.5, 0.6) is 0 Å². The van der Waals surface area contributed by atoms with Crippen LogP contribution in [0.1, 0.15) is 65.2 Å². The fraction of sp³-hybridized carbons (Fsp3) is 0.929. The van der Waals surface area contributed by atoms with Crippen LogP contribution in [-0.4, -0.2) is 11.1 Å². The Morgan fingerprint density at radius 3 is 2.31 bits per heavy atom. The summed E-state index contributed by atoms with van der Waals surface area (Å²) in [7, 11) is 0. The summed E-state index contributed by atoms with van der Waals surface area (Å²) in [5.74, 6) is 1.57. The maximum absolute atomic E-state index is 10.6. The highest BCUT2D eigenvalue weighted by atomic mass is 16.4. The molecular weight excluding hydrogens is 200 g/mol. The van der Waals surface area contributed by atoms with Gasteiger partial charge < -0.3 is 5.11 Å². The van der Waals surface area contributed by atoms with E-state index in [0.29, 0.717) is 12.3 Å². The molecule has 0 radical (unpaired) electrons. The van der Waals surface area contributed by atoms with Gasteiger partial charge in [0.15, 0.2) is 0 Å². The van der Waals surface area contributed by atoms with Crippen LogP contribution in [0.2, 0.25) is 0 Å². The maximum atomic E-state index is 10.6.